The summed E-state index contributed by atoms with van der Waals surface area (Å²) in [5.74, 6) is -0.970. The maximum atomic E-state index is 13.6. The normalized spacial score (nSPS) is 10.6. The van der Waals surface area contributed by atoms with Crippen molar-refractivity contribution in [2.45, 2.75) is 0 Å². The smallest absolute Gasteiger partial charge is 0.221 e. The molecule has 0 aliphatic carbocycles. The highest BCUT2D eigenvalue weighted by molar-refractivity contribution is 6.46. The third-order valence-electron chi connectivity index (χ3n) is 2.14. The first-order chi connectivity index (χ1) is 8.00. The van der Waals surface area contributed by atoms with Gasteiger partial charge in [-0.1, -0.05) is 34.8 Å². The molecule has 0 spiro atoms. The van der Waals surface area contributed by atoms with Crippen molar-refractivity contribution in [3.63, 3.8) is 0 Å². The molecule has 0 aliphatic heterocycles. The zero-order valence-corrected chi connectivity index (χ0v) is 10.5. The number of pyridine rings is 1. The average Bonchev–Trinajstić information content (AvgIpc) is 2.29. The van der Waals surface area contributed by atoms with Crippen molar-refractivity contribution in [2.75, 3.05) is 0 Å². The van der Waals surface area contributed by atoms with Crippen LogP contribution in [0.15, 0.2) is 24.4 Å². The Morgan fingerprint density at radius 2 is 1.76 bits per heavy atom. The van der Waals surface area contributed by atoms with E-state index in [0.717, 1.165) is 6.20 Å². The topological polar surface area (TPSA) is 33.1 Å². The van der Waals surface area contributed by atoms with E-state index in [0.29, 0.717) is 0 Å². The number of nitrogens with zero attached hydrogens (tertiary/aromatic N) is 1. The molecular weight excluding hydrogens is 287 g/mol. The third-order valence-corrected chi connectivity index (χ3v) is 3.26. The van der Waals surface area contributed by atoms with Crippen molar-refractivity contribution in [3.8, 4) is 16.9 Å². The van der Waals surface area contributed by atoms with Crippen LogP contribution < -0.4 is 0 Å². The lowest BCUT2D eigenvalue weighted by molar-refractivity contribution is 0.467. The number of rotatable bonds is 1. The van der Waals surface area contributed by atoms with E-state index in [9.17, 15) is 9.50 Å². The summed E-state index contributed by atoms with van der Waals surface area (Å²) in [6.07, 6.45) is 0.991. The Kier molecular flexibility index (Phi) is 3.43. The lowest BCUT2D eigenvalue weighted by Gasteiger charge is -2.09. The second-order valence-electron chi connectivity index (χ2n) is 3.25. The van der Waals surface area contributed by atoms with Gasteiger partial charge in [0.1, 0.15) is 5.75 Å². The summed E-state index contributed by atoms with van der Waals surface area (Å²) >= 11 is 17.7. The molecule has 6 heteroatoms. The summed E-state index contributed by atoms with van der Waals surface area (Å²) in [6, 6.07) is 4.18. The van der Waals surface area contributed by atoms with Gasteiger partial charge in [0.2, 0.25) is 5.95 Å². The van der Waals surface area contributed by atoms with Gasteiger partial charge in [0.15, 0.2) is 0 Å². The quantitative estimate of drug-likeness (QED) is 0.617. The monoisotopic (exact) mass is 291 g/mol. The Balaban J connectivity index is 2.76. The molecule has 2 rings (SSSR count). The molecule has 0 atom stereocenters. The van der Waals surface area contributed by atoms with Crippen molar-refractivity contribution in [1.29, 1.82) is 0 Å². The Morgan fingerprint density at radius 3 is 2.47 bits per heavy atom. The first-order valence-electron chi connectivity index (χ1n) is 4.49. The Labute approximate surface area is 112 Å². The van der Waals surface area contributed by atoms with Crippen molar-refractivity contribution < 1.29 is 9.50 Å². The van der Waals surface area contributed by atoms with Crippen LogP contribution >= 0.6 is 34.8 Å². The zero-order valence-electron chi connectivity index (χ0n) is 8.22. The van der Waals surface area contributed by atoms with Crippen LogP contribution in [0.25, 0.3) is 11.1 Å². The largest absolute Gasteiger partial charge is 0.506 e. The van der Waals surface area contributed by atoms with Crippen LogP contribution in [-0.4, -0.2) is 10.1 Å². The lowest BCUT2D eigenvalue weighted by Crippen LogP contribution is -1.90. The average molecular weight is 293 g/mol. The van der Waals surface area contributed by atoms with Gasteiger partial charge >= 0.3 is 0 Å². The highest BCUT2D eigenvalue weighted by atomic mass is 35.5. The van der Waals surface area contributed by atoms with Crippen LogP contribution in [0.3, 0.4) is 0 Å². The van der Waals surface area contributed by atoms with E-state index in [1.807, 2.05) is 0 Å². The first-order valence-corrected chi connectivity index (χ1v) is 5.62. The molecular formula is C11H5Cl3FNO. The summed E-state index contributed by atoms with van der Waals surface area (Å²) in [5, 5.41) is 9.89. The van der Waals surface area contributed by atoms with Crippen LogP contribution in [0.5, 0.6) is 5.75 Å². The van der Waals surface area contributed by atoms with Crippen molar-refractivity contribution >= 4 is 34.8 Å². The van der Waals surface area contributed by atoms with E-state index >= 15 is 0 Å². The molecule has 0 bridgehead atoms. The van der Waals surface area contributed by atoms with Crippen molar-refractivity contribution in [3.05, 3.63) is 45.4 Å². The summed E-state index contributed by atoms with van der Waals surface area (Å²) in [4.78, 5) is 3.39. The molecule has 2 aromatic rings. The summed E-state index contributed by atoms with van der Waals surface area (Å²) in [5.41, 5.74) is 0.212. The van der Waals surface area contributed by atoms with Gasteiger partial charge in [-0.15, -0.1) is 0 Å². The molecule has 0 saturated carbocycles. The Hall–Kier alpha value is -1.03. The SMILES string of the molecule is Oc1cnc(F)c(-c2c(Cl)ccc(Cl)c2Cl)c1. The molecule has 1 aromatic heterocycles. The fourth-order valence-electron chi connectivity index (χ4n) is 1.39. The molecule has 0 aliphatic rings. The molecule has 1 aromatic carbocycles. The van der Waals surface area contributed by atoms with Gasteiger partial charge in [-0.25, -0.2) is 4.98 Å². The van der Waals surface area contributed by atoms with Gasteiger partial charge in [-0.05, 0) is 18.2 Å². The van der Waals surface area contributed by atoms with Crippen LogP contribution in [0, 0.1) is 5.95 Å². The second kappa shape index (κ2) is 4.69. The molecule has 0 saturated heterocycles. The van der Waals surface area contributed by atoms with Crippen LogP contribution in [0.2, 0.25) is 15.1 Å². The number of halogens is 4. The predicted molar refractivity (Wildman–Crippen MR) is 66.3 cm³/mol. The molecule has 2 nitrogen and oxygen atoms in total. The predicted octanol–water partition coefficient (Wildman–Crippen LogP) is 4.55. The Morgan fingerprint density at radius 1 is 1.12 bits per heavy atom. The number of aromatic hydroxyl groups is 1. The maximum absolute atomic E-state index is 13.6. The molecule has 0 fully saturated rings. The van der Waals surface area contributed by atoms with Crippen LogP contribution in [0.1, 0.15) is 0 Å². The minimum absolute atomic E-state index is 0.00231. The van der Waals surface area contributed by atoms with E-state index < -0.39 is 5.95 Å². The molecule has 0 unspecified atom stereocenters. The van der Waals surface area contributed by atoms with Crippen molar-refractivity contribution in [2.24, 2.45) is 0 Å². The second-order valence-corrected chi connectivity index (χ2v) is 4.44. The first kappa shape index (κ1) is 12.4. The molecule has 1 N–H and O–H groups in total. The fraction of sp³-hybridized carbons (Fsp3) is 0. The number of aromatic nitrogens is 1. The maximum Gasteiger partial charge on any atom is 0.221 e. The molecule has 88 valence electrons. The van der Waals surface area contributed by atoms with Crippen molar-refractivity contribution in [1.82, 2.24) is 4.98 Å². The van der Waals surface area contributed by atoms with E-state index in [1.54, 1.807) is 0 Å². The number of hydrogen-bond acceptors (Lipinski definition) is 2. The van der Waals surface area contributed by atoms with Gasteiger partial charge in [0.05, 0.1) is 21.3 Å². The summed E-state index contributed by atoms with van der Waals surface area (Å²) in [7, 11) is 0. The molecule has 0 amide bonds. The standard InChI is InChI=1S/C11H5Cl3FNO/c12-7-1-2-8(13)10(14)9(7)6-3-5(17)4-16-11(6)15/h1-4,17H. The van der Waals surface area contributed by atoms with Gasteiger partial charge in [0, 0.05) is 11.1 Å². The third kappa shape index (κ3) is 2.32. The fourth-order valence-corrected chi connectivity index (χ4v) is 2.12. The highest BCUT2D eigenvalue weighted by Crippen LogP contribution is 2.40. The van der Waals surface area contributed by atoms with E-state index in [4.69, 9.17) is 34.8 Å². The lowest BCUT2D eigenvalue weighted by atomic mass is 10.1. The highest BCUT2D eigenvalue weighted by Gasteiger charge is 2.16. The van der Waals surface area contributed by atoms with Crippen LogP contribution in [0.4, 0.5) is 4.39 Å². The minimum atomic E-state index is -0.783. The molecule has 1 heterocycles. The summed E-state index contributed by atoms with van der Waals surface area (Å²) in [6.45, 7) is 0. The van der Waals surface area contributed by atoms with E-state index in [-0.39, 0.29) is 31.9 Å². The molecule has 0 radical (unpaired) electrons. The zero-order chi connectivity index (χ0) is 12.6. The minimum Gasteiger partial charge on any atom is -0.506 e. The van der Waals surface area contributed by atoms with Crippen LogP contribution in [-0.2, 0) is 0 Å². The van der Waals surface area contributed by atoms with Gasteiger partial charge in [0.25, 0.3) is 0 Å². The molecule has 17 heavy (non-hydrogen) atoms. The summed E-state index contributed by atoms with van der Waals surface area (Å²) < 4.78 is 13.6. The number of benzene rings is 1. The number of hydrogen-bond donors (Lipinski definition) is 1. The van der Waals surface area contributed by atoms with E-state index in [2.05, 4.69) is 4.98 Å². The van der Waals surface area contributed by atoms with Gasteiger partial charge in [-0.2, -0.15) is 4.39 Å². The van der Waals surface area contributed by atoms with E-state index in [1.165, 1.54) is 18.2 Å². The van der Waals surface area contributed by atoms with Gasteiger partial charge < -0.3 is 5.11 Å². The Bertz CT molecular complexity index is 589. The van der Waals surface area contributed by atoms with Gasteiger partial charge in [-0.3, -0.25) is 0 Å².